The summed E-state index contributed by atoms with van der Waals surface area (Å²) in [5.41, 5.74) is 14.6. The quantitative estimate of drug-likeness (QED) is 0.657. The smallest absolute Gasteiger partial charge is 0.335 e. The van der Waals surface area contributed by atoms with Crippen LogP contribution in [0, 0.1) is 5.92 Å². The van der Waals surface area contributed by atoms with Crippen molar-refractivity contribution in [2.24, 2.45) is 5.92 Å². The highest BCUT2D eigenvalue weighted by Gasteiger charge is 2.19. The van der Waals surface area contributed by atoms with Crippen molar-refractivity contribution < 1.29 is 9.90 Å². The van der Waals surface area contributed by atoms with E-state index in [0.717, 1.165) is 23.0 Å². The molecule has 0 aliphatic rings. The van der Waals surface area contributed by atoms with Crippen LogP contribution in [0.3, 0.4) is 0 Å². The first kappa shape index (κ1) is 16.8. The van der Waals surface area contributed by atoms with Gasteiger partial charge in [0.05, 0.1) is 11.1 Å². The fourth-order valence-corrected chi connectivity index (χ4v) is 3.05. The Hall–Kier alpha value is -3.09. The molecule has 7 heteroatoms. The topological polar surface area (TPSA) is 120 Å². The van der Waals surface area contributed by atoms with Crippen molar-refractivity contribution in [3.8, 4) is 0 Å². The van der Waals surface area contributed by atoms with E-state index in [1.165, 1.54) is 0 Å². The summed E-state index contributed by atoms with van der Waals surface area (Å²) in [4.78, 5) is 19.2. The lowest BCUT2D eigenvalue weighted by Gasteiger charge is -2.23. The molecule has 0 radical (unpaired) electrons. The van der Waals surface area contributed by atoms with Crippen LogP contribution in [0.5, 0.6) is 0 Å². The molecule has 3 aromatic rings. The standard InChI is InChI=1S/C18H21N5O2/c1-10(9-12-3-5-13(6-4-12)17(24)25)11(2)23-8-7-14-15(23)16(19)22-18(20)21-14/h3-8,10-11H,9H2,1-2H3,(H,24,25)(H4,19,20,21,22). The van der Waals surface area contributed by atoms with Crippen molar-refractivity contribution >= 4 is 28.8 Å². The number of benzene rings is 1. The third-order valence-electron chi connectivity index (χ3n) is 4.63. The second-order valence-electron chi connectivity index (χ2n) is 6.35. The minimum atomic E-state index is -0.915. The molecule has 0 aliphatic heterocycles. The highest BCUT2D eigenvalue weighted by Crippen LogP contribution is 2.29. The molecule has 2 aromatic heterocycles. The number of rotatable bonds is 5. The van der Waals surface area contributed by atoms with Crippen LogP contribution in [0.2, 0.25) is 0 Å². The molecule has 2 heterocycles. The van der Waals surface area contributed by atoms with E-state index >= 15 is 0 Å². The Balaban J connectivity index is 1.83. The molecule has 0 spiro atoms. The number of hydrogen-bond donors (Lipinski definition) is 3. The summed E-state index contributed by atoms with van der Waals surface area (Å²) in [6.07, 6.45) is 2.76. The Morgan fingerprint density at radius 3 is 2.48 bits per heavy atom. The Morgan fingerprint density at radius 2 is 1.84 bits per heavy atom. The predicted molar refractivity (Wildman–Crippen MR) is 97.3 cm³/mol. The van der Waals surface area contributed by atoms with Gasteiger partial charge in [0.2, 0.25) is 5.95 Å². The first-order chi connectivity index (χ1) is 11.9. The average Bonchev–Trinajstić information content (AvgIpc) is 2.98. The molecule has 2 unspecified atom stereocenters. The zero-order chi connectivity index (χ0) is 18.1. The number of anilines is 2. The zero-order valence-electron chi connectivity index (χ0n) is 14.2. The number of nitrogen functional groups attached to an aromatic ring is 2. The van der Waals surface area contributed by atoms with E-state index in [2.05, 4.69) is 28.4 Å². The Bertz CT molecular complexity index is 917. The van der Waals surface area contributed by atoms with E-state index in [9.17, 15) is 4.79 Å². The molecule has 7 nitrogen and oxygen atoms in total. The molecular weight excluding hydrogens is 318 g/mol. The van der Waals surface area contributed by atoms with Gasteiger partial charge in [-0.15, -0.1) is 0 Å². The summed E-state index contributed by atoms with van der Waals surface area (Å²) in [6.45, 7) is 4.27. The lowest BCUT2D eigenvalue weighted by Crippen LogP contribution is -2.16. The summed E-state index contributed by atoms with van der Waals surface area (Å²) in [6, 6.07) is 9.03. The minimum Gasteiger partial charge on any atom is -0.478 e. The Morgan fingerprint density at radius 1 is 1.16 bits per heavy atom. The molecule has 25 heavy (non-hydrogen) atoms. The Kier molecular flexibility index (Phi) is 4.31. The van der Waals surface area contributed by atoms with Crippen LogP contribution in [-0.2, 0) is 6.42 Å². The molecule has 0 amide bonds. The van der Waals surface area contributed by atoms with Crippen LogP contribution in [0.15, 0.2) is 36.5 Å². The van der Waals surface area contributed by atoms with Gasteiger partial charge in [0, 0.05) is 12.2 Å². The van der Waals surface area contributed by atoms with Gasteiger partial charge in [-0.2, -0.15) is 4.98 Å². The van der Waals surface area contributed by atoms with Crippen LogP contribution < -0.4 is 11.5 Å². The Labute approximate surface area is 145 Å². The summed E-state index contributed by atoms with van der Waals surface area (Å²) in [5.74, 6) is -0.0795. The third kappa shape index (κ3) is 3.26. The van der Waals surface area contributed by atoms with Gasteiger partial charge in [0.1, 0.15) is 5.52 Å². The van der Waals surface area contributed by atoms with E-state index in [-0.39, 0.29) is 12.0 Å². The van der Waals surface area contributed by atoms with Crippen LogP contribution in [0.25, 0.3) is 11.0 Å². The molecule has 1 aromatic carbocycles. The maximum Gasteiger partial charge on any atom is 0.335 e. The van der Waals surface area contributed by atoms with Crippen molar-refractivity contribution in [3.05, 3.63) is 47.7 Å². The number of aromatic carboxylic acids is 1. The van der Waals surface area contributed by atoms with Crippen LogP contribution >= 0.6 is 0 Å². The fourth-order valence-electron chi connectivity index (χ4n) is 3.05. The molecule has 3 rings (SSSR count). The monoisotopic (exact) mass is 339 g/mol. The third-order valence-corrected chi connectivity index (χ3v) is 4.63. The molecule has 0 saturated carbocycles. The summed E-state index contributed by atoms with van der Waals surface area (Å²) >= 11 is 0. The van der Waals surface area contributed by atoms with E-state index in [0.29, 0.717) is 17.3 Å². The highest BCUT2D eigenvalue weighted by molar-refractivity contribution is 5.87. The maximum absolute atomic E-state index is 10.9. The highest BCUT2D eigenvalue weighted by atomic mass is 16.4. The van der Waals surface area contributed by atoms with Crippen LogP contribution in [0.1, 0.15) is 35.8 Å². The summed E-state index contributed by atoms with van der Waals surface area (Å²) in [5, 5.41) is 8.98. The van der Waals surface area contributed by atoms with Crippen LogP contribution in [-0.4, -0.2) is 25.6 Å². The largest absolute Gasteiger partial charge is 0.478 e. The van der Waals surface area contributed by atoms with Gasteiger partial charge in [-0.1, -0.05) is 19.1 Å². The van der Waals surface area contributed by atoms with E-state index in [4.69, 9.17) is 16.6 Å². The SMILES string of the molecule is CC(Cc1ccc(C(=O)O)cc1)C(C)n1ccc2nc(N)nc(N)c21. The summed E-state index contributed by atoms with van der Waals surface area (Å²) < 4.78 is 2.07. The van der Waals surface area contributed by atoms with Gasteiger partial charge in [-0.25, -0.2) is 9.78 Å². The second kappa shape index (κ2) is 6.43. The minimum absolute atomic E-state index is 0.158. The fraction of sp³-hybridized carbons (Fsp3) is 0.278. The van der Waals surface area contributed by atoms with Gasteiger partial charge in [-0.05, 0) is 43.0 Å². The molecule has 0 bridgehead atoms. The van der Waals surface area contributed by atoms with Crippen molar-refractivity contribution in [2.45, 2.75) is 26.3 Å². The molecule has 2 atom stereocenters. The predicted octanol–water partition coefficient (Wildman–Crippen LogP) is 2.73. The number of hydrogen-bond acceptors (Lipinski definition) is 5. The van der Waals surface area contributed by atoms with Crippen molar-refractivity contribution in [2.75, 3.05) is 11.5 Å². The molecule has 5 N–H and O–H groups in total. The number of fused-ring (bicyclic) bond motifs is 1. The van der Waals surface area contributed by atoms with E-state index < -0.39 is 5.97 Å². The maximum atomic E-state index is 10.9. The molecule has 0 fully saturated rings. The first-order valence-electron chi connectivity index (χ1n) is 8.08. The van der Waals surface area contributed by atoms with E-state index in [1.54, 1.807) is 12.1 Å². The molecular formula is C18H21N5O2. The lowest BCUT2D eigenvalue weighted by molar-refractivity contribution is 0.0697. The lowest BCUT2D eigenvalue weighted by atomic mass is 9.94. The van der Waals surface area contributed by atoms with Gasteiger partial charge in [-0.3, -0.25) is 0 Å². The number of carboxylic acid groups (broad SMARTS) is 1. The number of nitrogens with two attached hydrogens (primary N) is 2. The van der Waals surface area contributed by atoms with Crippen molar-refractivity contribution in [1.29, 1.82) is 0 Å². The van der Waals surface area contributed by atoms with Gasteiger partial charge in [0.15, 0.2) is 5.82 Å². The normalized spacial score (nSPS) is 13.7. The number of aromatic nitrogens is 3. The van der Waals surface area contributed by atoms with Crippen molar-refractivity contribution in [3.63, 3.8) is 0 Å². The van der Waals surface area contributed by atoms with Gasteiger partial charge in [0.25, 0.3) is 0 Å². The van der Waals surface area contributed by atoms with Gasteiger partial charge < -0.3 is 21.1 Å². The number of carbonyl (C=O) groups is 1. The first-order valence-corrected chi connectivity index (χ1v) is 8.08. The zero-order valence-corrected chi connectivity index (χ0v) is 14.2. The van der Waals surface area contributed by atoms with Crippen LogP contribution in [0.4, 0.5) is 11.8 Å². The van der Waals surface area contributed by atoms with Crippen molar-refractivity contribution in [1.82, 2.24) is 14.5 Å². The molecule has 130 valence electrons. The van der Waals surface area contributed by atoms with Gasteiger partial charge >= 0.3 is 5.97 Å². The molecule has 0 aliphatic carbocycles. The number of carboxylic acids is 1. The molecule has 0 saturated heterocycles. The number of nitrogens with zero attached hydrogens (tertiary/aromatic N) is 3. The summed E-state index contributed by atoms with van der Waals surface area (Å²) in [7, 11) is 0. The average molecular weight is 339 g/mol. The second-order valence-corrected chi connectivity index (χ2v) is 6.35. The van der Waals surface area contributed by atoms with E-state index in [1.807, 2.05) is 24.4 Å².